The van der Waals surface area contributed by atoms with Gasteiger partial charge >= 0.3 is 0 Å². The minimum absolute atomic E-state index is 0.0602. The fraction of sp³-hybridized carbons (Fsp3) is 0.409. The molecule has 0 saturated carbocycles. The van der Waals surface area contributed by atoms with Gasteiger partial charge in [0.05, 0.1) is 6.10 Å². The van der Waals surface area contributed by atoms with Crippen molar-refractivity contribution >= 4 is 5.91 Å². The zero-order valence-electron chi connectivity index (χ0n) is 15.3. The SMILES string of the molecule is CC(CCC1CCCO1)NC(=O)c1cccc(OCc2ccccc2)c1. The van der Waals surface area contributed by atoms with Crippen LogP contribution in [-0.4, -0.2) is 24.7 Å². The number of hydrogen-bond donors (Lipinski definition) is 1. The highest BCUT2D eigenvalue weighted by Gasteiger charge is 2.17. The summed E-state index contributed by atoms with van der Waals surface area (Å²) in [6.45, 7) is 3.41. The average Bonchev–Trinajstić information content (AvgIpc) is 3.19. The third-order valence-electron chi connectivity index (χ3n) is 4.67. The maximum atomic E-state index is 12.5. The molecule has 4 heteroatoms. The third-order valence-corrected chi connectivity index (χ3v) is 4.67. The van der Waals surface area contributed by atoms with Gasteiger partial charge in [-0.2, -0.15) is 0 Å². The van der Waals surface area contributed by atoms with Crippen molar-refractivity contribution in [3.63, 3.8) is 0 Å². The molecule has 1 aliphatic rings. The van der Waals surface area contributed by atoms with Crippen LogP contribution in [0.25, 0.3) is 0 Å². The second kappa shape index (κ2) is 9.39. The molecule has 3 rings (SSSR count). The summed E-state index contributed by atoms with van der Waals surface area (Å²) < 4.78 is 11.4. The van der Waals surface area contributed by atoms with E-state index in [4.69, 9.17) is 9.47 Å². The van der Waals surface area contributed by atoms with Crippen LogP contribution in [0.4, 0.5) is 0 Å². The van der Waals surface area contributed by atoms with Gasteiger partial charge in [-0.15, -0.1) is 0 Å². The van der Waals surface area contributed by atoms with Crippen LogP contribution in [0, 0.1) is 0 Å². The molecule has 0 aromatic heterocycles. The molecule has 4 nitrogen and oxygen atoms in total. The molecule has 1 saturated heterocycles. The second-order valence-corrected chi connectivity index (χ2v) is 6.89. The number of benzene rings is 2. The van der Waals surface area contributed by atoms with E-state index in [-0.39, 0.29) is 11.9 Å². The molecule has 2 atom stereocenters. The first-order chi connectivity index (χ1) is 12.7. The molecule has 1 aliphatic heterocycles. The van der Waals surface area contributed by atoms with E-state index in [1.807, 2.05) is 55.5 Å². The normalized spacial score (nSPS) is 17.7. The van der Waals surface area contributed by atoms with Gasteiger partial charge in [-0.25, -0.2) is 0 Å². The third kappa shape index (κ3) is 5.60. The van der Waals surface area contributed by atoms with E-state index in [0.29, 0.717) is 24.0 Å². The fourth-order valence-corrected chi connectivity index (χ4v) is 3.16. The summed E-state index contributed by atoms with van der Waals surface area (Å²) in [6.07, 6.45) is 4.59. The van der Waals surface area contributed by atoms with Crippen LogP contribution in [0.2, 0.25) is 0 Å². The van der Waals surface area contributed by atoms with Crippen LogP contribution in [0.15, 0.2) is 54.6 Å². The van der Waals surface area contributed by atoms with Gasteiger partial charge in [-0.1, -0.05) is 36.4 Å². The molecule has 26 heavy (non-hydrogen) atoms. The van der Waals surface area contributed by atoms with Gasteiger partial charge in [0.25, 0.3) is 5.91 Å². The zero-order valence-corrected chi connectivity index (χ0v) is 15.3. The highest BCUT2D eigenvalue weighted by atomic mass is 16.5. The molecular formula is C22H27NO3. The summed E-state index contributed by atoms with van der Waals surface area (Å²) in [7, 11) is 0. The Morgan fingerprint density at radius 3 is 2.85 bits per heavy atom. The Morgan fingerprint density at radius 1 is 1.23 bits per heavy atom. The predicted octanol–water partition coefficient (Wildman–Crippen LogP) is 4.34. The highest BCUT2D eigenvalue weighted by molar-refractivity contribution is 5.94. The maximum Gasteiger partial charge on any atom is 0.251 e. The van der Waals surface area contributed by atoms with Crippen LogP contribution in [0.1, 0.15) is 48.5 Å². The summed E-state index contributed by atoms with van der Waals surface area (Å²) >= 11 is 0. The molecule has 0 bridgehead atoms. The van der Waals surface area contributed by atoms with E-state index >= 15 is 0 Å². The Kier molecular flexibility index (Phi) is 6.67. The largest absolute Gasteiger partial charge is 0.489 e. The monoisotopic (exact) mass is 353 g/mol. The van der Waals surface area contributed by atoms with E-state index in [0.717, 1.165) is 37.9 Å². The van der Waals surface area contributed by atoms with Gasteiger partial charge in [0.1, 0.15) is 12.4 Å². The van der Waals surface area contributed by atoms with Crippen molar-refractivity contribution in [2.75, 3.05) is 6.61 Å². The topological polar surface area (TPSA) is 47.6 Å². The first-order valence-corrected chi connectivity index (χ1v) is 9.40. The lowest BCUT2D eigenvalue weighted by Crippen LogP contribution is -2.33. The molecule has 2 aromatic rings. The fourth-order valence-electron chi connectivity index (χ4n) is 3.16. The van der Waals surface area contributed by atoms with E-state index in [1.165, 1.54) is 0 Å². The Labute approximate surface area is 155 Å². The summed E-state index contributed by atoms with van der Waals surface area (Å²) in [6, 6.07) is 17.5. The summed E-state index contributed by atoms with van der Waals surface area (Å²) in [5.41, 5.74) is 1.73. The Balaban J connectivity index is 1.49. The minimum atomic E-state index is -0.0602. The van der Waals surface area contributed by atoms with Crippen molar-refractivity contribution in [3.8, 4) is 5.75 Å². The number of hydrogen-bond acceptors (Lipinski definition) is 3. The Hall–Kier alpha value is -2.33. The summed E-state index contributed by atoms with van der Waals surface area (Å²) in [5.74, 6) is 0.642. The smallest absolute Gasteiger partial charge is 0.251 e. The van der Waals surface area contributed by atoms with Crippen molar-refractivity contribution in [2.24, 2.45) is 0 Å². The highest BCUT2D eigenvalue weighted by Crippen LogP contribution is 2.18. The average molecular weight is 353 g/mol. The summed E-state index contributed by atoms with van der Waals surface area (Å²) in [5, 5.41) is 3.07. The molecule has 1 heterocycles. The van der Waals surface area contributed by atoms with Crippen LogP contribution >= 0.6 is 0 Å². The molecule has 2 unspecified atom stereocenters. The van der Waals surface area contributed by atoms with Crippen LogP contribution in [0.3, 0.4) is 0 Å². The molecule has 1 amide bonds. The lowest BCUT2D eigenvalue weighted by molar-refractivity contribution is 0.0899. The number of rotatable bonds is 8. The van der Waals surface area contributed by atoms with Crippen LogP contribution < -0.4 is 10.1 Å². The van der Waals surface area contributed by atoms with Gasteiger partial charge in [-0.05, 0) is 56.4 Å². The molecule has 0 spiro atoms. The van der Waals surface area contributed by atoms with Gasteiger partial charge in [0.15, 0.2) is 0 Å². The number of ether oxygens (including phenoxy) is 2. The van der Waals surface area contributed by atoms with Crippen molar-refractivity contribution in [3.05, 3.63) is 65.7 Å². The number of nitrogens with one attached hydrogen (secondary N) is 1. The first kappa shape index (κ1) is 18.5. The van der Waals surface area contributed by atoms with E-state index in [9.17, 15) is 4.79 Å². The maximum absolute atomic E-state index is 12.5. The molecule has 1 fully saturated rings. The van der Waals surface area contributed by atoms with Crippen molar-refractivity contribution in [1.29, 1.82) is 0 Å². The molecule has 2 aromatic carbocycles. The van der Waals surface area contributed by atoms with Crippen LogP contribution in [0.5, 0.6) is 5.75 Å². The van der Waals surface area contributed by atoms with E-state index < -0.39 is 0 Å². The van der Waals surface area contributed by atoms with Crippen molar-refractivity contribution in [2.45, 2.75) is 51.4 Å². The zero-order chi connectivity index (χ0) is 18.2. The van der Waals surface area contributed by atoms with Crippen molar-refractivity contribution < 1.29 is 14.3 Å². The molecule has 0 radical (unpaired) electrons. The Bertz CT molecular complexity index is 696. The molecular weight excluding hydrogens is 326 g/mol. The van der Waals surface area contributed by atoms with E-state index in [2.05, 4.69) is 5.32 Å². The predicted molar refractivity (Wildman–Crippen MR) is 102 cm³/mol. The quantitative estimate of drug-likeness (QED) is 0.768. The number of carbonyl (C=O) groups excluding carboxylic acids is 1. The first-order valence-electron chi connectivity index (χ1n) is 9.40. The van der Waals surface area contributed by atoms with Gasteiger partial charge in [0, 0.05) is 18.2 Å². The molecule has 1 N–H and O–H groups in total. The van der Waals surface area contributed by atoms with Gasteiger partial charge in [-0.3, -0.25) is 4.79 Å². The standard InChI is InChI=1S/C22H27NO3/c1-17(12-13-20-11-6-14-25-20)23-22(24)19-9-5-10-21(15-19)26-16-18-7-3-2-4-8-18/h2-5,7-10,15,17,20H,6,11-14,16H2,1H3,(H,23,24). The molecule has 138 valence electrons. The minimum Gasteiger partial charge on any atom is -0.489 e. The molecule has 0 aliphatic carbocycles. The lowest BCUT2D eigenvalue weighted by Gasteiger charge is -2.16. The number of amides is 1. The van der Waals surface area contributed by atoms with Crippen molar-refractivity contribution in [1.82, 2.24) is 5.32 Å². The summed E-state index contributed by atoms with van der Waals surface area (Å²) in [4.78, 5) is 12.5. The number of carbonyl (C=O) groups is 1. The van der Waals surface area contributed by atoms with E-state index in [1.54, 1.807) is 6.07 Å². The Morgan fingerprint density at radius 2 is 2.08 bits per heavy atom. The lowest BCUT2D eigenvalue weighted by atomic mass is 10.1. The van der Waals surface area contributed by atoms with Gasteiger partial charge in [0.2, 0.25) is 0 Å². The van der Waals surface area contributed by atoms with Gasteiger partial charge < -0.3 is 14.8 Å². The second-order valence-electron chi connectivity index (χ2n) is 6.89. The van der Waals surface area contributed by atoms with Crippen LogP contribution in [-0.2, 0) is 11.3 Å².